The zero-order valence-corrected chi connectivity index (χ0v) is 13.9. The highest BCUT2D eigenvalue weighted by Gasteiger charge is 2.31. The van der Waals surface area contributed by atoms with Crippen LogP contribution in [0.1, 0.15) is 36.9 Å². The SMILES string of the molecule is CC(NC(=O)C1CCCN1Cc1ccccc1F)c1ccccc1. The van der Waals surface area contributed by atoms with Crippen molar-refractivity contribution in [2.75, 3.05) is 6.54 Å². The molecule has 3 nitrogen and oxygen atoms in total. The van der Waals surface area contributed by atoms with E-state index in [1.807, 2.05) is 43.3 Å². The molecule has 126 valence electrons. The van der Waals surface area contributed by atoms with E-state index >= 15 is 0 Å². The van der Waals surface area contributed by atoms with Crippen LogP contribution in [0, 0.1) is 5.82 Å². The van der Waals surface area contributed by atoms with Gasteiger partial charge in [0.1, 0.15) is 5.82 Å². The Bertz CT molecular complexity index is 689. The van der Waals surface area contributed by atoms with Crippen LogP contribution in [0.3, 0.4) is 0 Å². The Morgan fingerprint density at radius 1 is 1.21 bits per heavy atom. The zero-order valence-electron chi connectivity index (χ0n) is 13.9. The van der Waals surface area contributed by atoms with Gasteiger partial charge in [0, 0.05) is 12.1 Å². The third-order valence-corrected chi connectivity index (χ3v) is 4.66. The van der Waals surface area contributed by atoms with Crippen LogP contribution in [0.4, 0.5) is 4.39 Å². The normalized spacial score (nSPS) is 19.2. The lowest BCUT2D eigenvalue weighted by atomic mass is 10.1. The lowest BCUT2D eigenvalue weighted by Gasteiger charge is -2.25. The fourth-order valence-electron chi connectivity index (χ4n) is 3.29. The van der Waals surface area contributed by atoms with Gasteiger partial charge in [-0.05, 0) is 37.9 Å². The first kappa shape index (κ1) is 16.7. The molecular formula is C20H23FN2O. The summed E-state index contributed by atoms with van der Waals surface area (Å²) in [6.45, 7) is 3.29. The van der Waals surface area contributed by atoms with Gasteiger partial charge in [-0.15, -0.1) is 0 Å². The molecule has 0 bridgehead atoms. The van der Waals surface area contributed by atoms with Crippen LogP contribution in [0.15, 0.2) is 54.6 Å². The molecule has 2 atom stereocenters. The average Bonchev–Trinajstić information content (AvgIpc) is 3.06. The summed E-state index contributed by atoms with van der Waals surface area (Å²) >= 11 is 0. The van der Waals surface area contributed by atoms with E-state index in [0.717, 1.165) is 24.9 Å². The molecule has 0 spiro atoms. The minimum Gasteiger partial charge on any atom is -0.348 e. The molecule has 1 saturated heterocycles. The van der Waals surface area contributed by atoms with E-state index in [9.17, 15) is 9.18 Å². The summed E-state index contributed by atoms with van der Waals surface area (Å²) in [5.41, 5.74) is 1.73. The number of hydrogen-bond donors (Lipinski definition) is 1. The molecule has 2 aromatic rings. The Morgan fingerprint density at radius 3 is 2.67 bits per heavy atom. The summed E-state index contributed by atoms with van der Waals surface area (Å²) in [4.78, 5) is 14.7. The van der Waals surface area contributed by atoms with E-state index in [1.165, 1.54) is 6.07 Å². The van der Waals surface area contributed by atoms with Crippen molar-refractivity contribution >= 4 is 5.91 Å². The number of nitrogens with zero attached hydrogens (tertiary/aromatic N) is 1. The first-order chi connectivity index (χ1) is 11.6. The Morgan fingerprint density at radius 2 is 1.92 bits per heavy atom. The highest BCUT2D eigenvalue weighted by Crippen LogP contribution is 2.22. The van der Waals surface area contributed by atoms with Gasteiger partial charge in [-0.25, -0.2) is 4.39 Å². The third kappa shape index (κ3) is 3.82. The van der Waals surface area contributed by atoms with Gasteiger partial charge in [0.25, 0.3) is 0 Å². The Labute approximate surface area is 142 Å². The molecule has 1 heterocycles. The molecule has 3 rings (SSSR count). The molecule has 0 radical (unpaired) electrons. The predicted octanol–water partition coefficient (Wildman–Crippen LogP) is 3.67. The Balaban J connectivity index is 1.64. The molecule has 0 aliphatic carbocycles. The molecule has 24 heavy (non-hydrogen) atoms. The van der Waals surface area contributed by atoms with Gasteiger partial charge >= 0.3 is 0 Å². The molecule has 1 aliphatic rings. The fourth-order valence-corrected chi connectivity index (χ4v) is 3.29. The van der Waals surface area contributed by atoms with E-state index in [2.05, 4.69) is 10.2 Å². The van der Waals surface area contributed by atoms with Crippen molar-refractivity contribution in [3.8, 4) is 0 Å². The van der Waals surface area contributed by atoms with Gasteiger partial charge < -0.3 is 5.32 Å². The van der Waals surface area contributed by atoms with Crippen LogP contribution in [0.5, 0.6) is 0 Å². The number of rotatable bonds is 5. The maximum Gasteiger partial charge on any atom is 0.237 e. The van der Waals surface area contributed by atoms with Gasteiger partial charge in [0.2, 0.25) is 5.91 Å². The molecule has 1 N–H and O–H groups in total. The number of hydrogen-bond acceptors (Lipinski definition) is 2. The topological polar surface area (TPSA) is 32.3 Å². The molecule has 4 heteroatoms. The van der Waals surface area contributed by atoms with Crippen molar-refractivity contribution in [3.05, 3.63) is 71.5 Å². The summed E-state index contributed by atoms with van der Waals surface area (Å²) in [5, 5.41) is 3.09. The molecule has 2 aromatic carbocycles. The standard InChI is InChI=1S/C20H23FN2O/c1-15(16-8-3-2-4-9-16)22-20(24)19-12-7-13-23(19)14-17-10-5-6-11-18(17)21/h2-6,8-11,15,19H,7,12-14H2,1H3,(H,22,24). The predicted molar refractivity (Wildman–Crippen MR) is 92.8 cm³/mol. The van der Waals surface area contributed by atoms with Crippen molar-refractivity contribution in [1.82, 2.24) is 10.2 Å². The van der Waals surface area contributed by atoms with Crippen molar-refractivity contribution in [1.29, 1.82) is 0 Å². The van der Waals surface area contributed by atoms with Crippen molar-refractivity contribution < 1.29 is 9.18 Å². The summed E-state index contributed by atoms with van der Waals surface area (Å²) in [6, 6.07) is 16.5. The molecule has 2 unspecified atom stereocenters. The summed E-state index contributed by atoms with van der Waals surface area (Å²) in [6.07, 6.45) is 1.79. The highest BCUT2D eigenvalue weighted by atomic mass is 19.1. The minimum absolute atomic E-state index is 0.0280. The second-order valence-electron chi connectivity index (χ2n) is 6.36. The maximum atomic E-state index is 13.9. The van der Waals surface area contributed by atoms with Crippen LogP contribution < -0.4 is 5.32 Å². The first-order valence-corrected chi connectivity index (χ1v) is 8.48. The van der Waals surface area contributed by atoms with Gasteiger partial charge in [-0.1, -0.05) is 48.5 Å². The summed E-state index contributed by atoms with van der Waals surface area (Å²) < 4.78 is 13.9. The second kappa shape index (κ2) is 7.58. The summed E-state index contributed by atoms with van der Waals surface area (Å²) in [5.74, 6) is -0.179. The lowest BCUT2D eigenvalue weighted by Crippen LogP contribution is -2.43. The smallest absolute Gasteiger partial charge is 0.237 e. The average molecular weight is 326 g/mol. The van der Waals surface area contributed by atoms with Gasteiger partial charge in [0.15, 0.2) is 0 Å². The molecule has 0 aromatic heterocycles. The third-order valence-electron chi connectivity index (χ3n) is 4.66. The monoisotopic (exact) mass is 326 g/mol. The Kier molecular flexibility index (Phi) is 5.26. The number of nitrogens with one attached hydrogen (secondary N) is 1. The molecule has 1 aliphatic heterocycles. The number of carbonyl (C=O) groups excluding carboxylic acids is 1. The van der Waals surface area contributed by atoms with Crippen LogP contribution in [0.2, 0.25) is 0 Å². The molecule has 1 amide bonds. The fraction of sp³-hybridized carbons (Fsp3) is 0.350. The van der Waals surface area contributed by atoms with Gasteiger partial charge in [0.05, 0.1) is 12.1 Å². The Hall–Kier alpha value is -2.20. The highest BCUT2D eigenvalue weighted by molar-refractivity contribution is 5.82. The van der Waals surface area contributed by atoms with Crippen LogP contribution >= 0.6 is 0 Å². The number of halogens is 1. The van der Waals surface area contributed by atoms with E-state index in [1.54, 1.807) is 12.1 Å². The quantitative estimate of drug-likeness (QED) is 0.909. The van der Waals surface area contributed by atoms with Crippen molar-refractivity contribution in [3.63, 3.8) is 0 Å². The van der Waals surface area contributed by atoms with Crippen molar-refractivity contribution in [2.45, 2.75) is 38.4 Å². The van der Waals surface area contributed by atoms with Crippen molar-refractivity contribution in [2.24, 2.45) is 0 Å². The number of amides is 1. The van der Waals surface area contributed by atoms with Gasteiger partial charge in [-0.3, -0.25) is 9.69 Å². The first-order valence-electron chi connectivity index (χ1n) is 8.48. The van der Waals surface area contributed by atoms with E-state index in [-0.39, 0.29) is 23.8 Å². The largest absolute Gasteiger partial charge is 0.348 e. The maximum absolute atomic E-state index is 13.9. The molecule has 1 fully saturated rings. The summed E-state index contributed by atoms with van der Waals surface area (Å²) in [7, 11) is 0. The van der Waals surface area contributed by atoms with E-state index in [4.69, 9.17) is 0 Å². The van der Waals surface area contributed by atoms with Crippen LogP contribution in [0.25, 0.3) is 0 Å². The lowest BCUT2D eigenvalue weighted by molar-refractivity contribution is -0.126. The molecular weight excluding hydrogens is 303 g/mol. The minimum atomic E-state index is -0.207. The van der Waals surface area contributed by atoms with Crippen LogP contribution in [-0.4, -0.2) is 23.4 Å². The van der Waals surface area contributed by atoms with Gasteiger partial charge in [-0.2, -0.15) is 0 Å². The number of likely N-dealkylation sites (tertiary alicyclic amines) is 1. The van der Waals surface area contributed by atoms with E-state index < -0.39 is 0 Å². The zero-order chi connectivity index (χ0) is 16.9. The second-order valence-corrected chi connectivity index (χ2v) is 6.36. The number of benzene rings is 2. The number of carbonyl (C=O) groups is 1. The van der Waals surface area contributed by atoms with Crippen LogP contribution in [-0.2, 0) is 11.3 Å². The van der Waals surface area contributed by atoms with E-state index in [0.29, 0.717) is 12.1 Å². The molecule has 0 saturated carbocycles.